The fourth-order valence-electron chi connectivity index (χ4n) is 1.76. The van der Waals surface area contributed by atoms with E-state index in [9.17, 15) is 0 Å². The molecule has 18 heavy (non-hydrogen) atoms. The highest BCUT2D eigenvalue weighted by Crippen LogP contribution is 2.07. The van der Waals surface area contributed by atoms with Gasteiger partial charge in [0.2, 0.25) is 0 Å². The molecule has 0 unspecified atom stereocenters. The van der Waals surface area contributed by atoms with Crippen LogP contribution in [-0.2, 0) is 13.0 Å². The van der Waals surface area contributed by atoms with E-state index in [-0.39, 0.29) is 0 Å². The lowest BCUT2D eigenvalue weighted by Crippen LogP contribution is -2.13. The van der Waals surface area contributed by atoms with Gasteiger partial charge in [-0.25, -0.2) is 0 Å². The molecule has 0 aliphatic rings. The molecule has 0 saturated heterocycles. The molecule has 0 bridgehead atoms. The predicted octanol–water partition coefficient (Wildman–Crippen LogP) is 3.15. The topological polar surface area (TPSA) is 38.4 Å². The molecule has 0 saturated carbocycles. The average molecular weight is 238 g/mol. The lowest BCUT2D eigenvalue weighted by Gasteiger charge is -2.02. The molecule has 2 nitrogen and oxygen atoms in total. The minimum absolute atomic E-state index is 0.593. The summed E-state index contributed by atoms with van der Waals surface area (Å²) < 4.78 is 0. The van der Waals surface area contributed by atoms with Crippen LogP contribution in [0.4, 0.5) is 0 Å². The average Bonchev–Trinajstić information content (AvgIpc) is 2.46. The van der Waals surface area contributed by atoms with Crippen molar-refractivity contribution in [3.05, 3.63) is 71.3 Å². The largest absolute Gasteiger partial charge is 0.383 e. The monoisotopic (exact) mass is 238 g/mol. The maximum absolute atomic E-state index is 5.95. The summed E-state index contributed by atoms with van der Waals surface area (Å²) in [5, 5.41) is 0. The van der Waals surface area contributed by atoms with E-state index >= 15 is 0 Å². The molecule has 0 aliphatic carbocycles. The first-order valence-corrected chi connectivity index (χ1v) is 6.22. The van der Waals surface area contributed by atoms with Crippen molar-refractivity contribution in [2.24, 2.45) is 10.7 Å². The fraction of sp³-hybridized carbons (Fsp3) is 0.188. The third kappa shape index (κ3) is 3.20. The van der Waals surface area contributed by atoms with Crippen molar-refractivity contribution in [2.45, 2.75) is 19.9 Å². The van der Waals surface area contributed by atoms with Crippen LogP contribution >= 0.6 is 0 Å². The maximum Gasteiger partial charge on any atom is 0.125 e. The summed E-state index contributed by atoms with van der Waals surface area (Å²) in [5.41, 5.74) is 9.46. The standard InChI is InChI=1S/C16H18N2/c1-2-13-8-10-14(11-9-13)12-18-16(17)15-6-4-3-5-7-15/h3-11H,2,12H2,1H3,(H2,17,18). The molecule has 0 aliphatic heterocycles. The van der Waals surface area contributed by atoms with E-state index in [0.717, 1.165) is 12.0 Å². The minimum Gasteiger partial charge on any atom is -0.383 e. The number of aryl methyl sites for hydroxylation is 1. The van der Waals surface area contributed by atoms with Crippen LogP contribution in [0.25, 0.3) is 0 Å². The number of hydrogen-bond donors (Lipinski definition) is 1. The summed E-state index contributed by atoms with van der Waals surface area (Å²) in [6, 6.07) is 18.4. The van der Waals surface area contributed by atoms with Gasteiger partial charge >= 0.3 is 0 Å². The maximum atomic E-state index is 5.95. The van der Waals surface area contributed by atoms with Gasteiger partial charge in [0, 0.05) is 5.56 Å². The Bertz CT molecular complexity index is 513. The second-order valence-corrected chi connectivity index (χ2v) is 4.24. The van der Waals surface area contributed by atoms with Gasteiger partial charge in [0.15, 0.2) is 0 Å². The highest BCUT2D eigenvalue weighted by molar-refractivity contribution is 5.97. The molecule has 0 fully saturated rings. The lowest BCUT2D eigenvalue weighted by molar-refractivity contribution is 1.05. The third-order valence-electron chi connectivity index (χ3n) is 2.93. The van der Waals surface area contributed by atoms with Gasteiger partial charge in [0.1, 0.15) is 5.84 Å². The molecule has 0 amide bonds. The lowest BCUT2D eigenvalue weighted by atomic mass is 10.1. The molecular weight excluding hydrogens is 220 g/mol. The summed E-state index contributed by atoms with van der Waals surface area (Å²) in [5.74, 6) is 0.593. The molecule has 2 aromatic carbocycles. The van der Waals surface area contributed by atoms with Gasteiger partial charge in [-0.05, 0) is 17.5 Å². The number of aliphatic imine (C=N–C) groups is 1. The summed E-state index contributed by atoms with van der Waals surface area (Å²) in [6.07, 6.45) is 1.07. The second kappa shape index (κ2) is 6.01. The number of rotatable bonds is 4. The molecule has 2 N–H and O–H groups in total. The van der Waals surface area contributed by atoms with E-state index in [1.807, 2.05) is 30.3 Å². The second-order valence-electron chi connectivity index (χ2n) is 4.24. The van der Waals surface area contributed by atoms with E-state index in [0.29, 0.717) is 12.4 Å². The van der Waals surface area contributed by atoms with Gasteiger partial charge in [0.25, 0.3) is 0 Å². The van der Waals surface area contributed by atoms with Crippen molar-refractivity contribution in [1.82, 2.24) is 0 Å². The van der Waals surface area contributed by atoms with Crippen LogP contribution in [0.1, 0.15) is 23.6 Å². The number of hydrogen-bond acceptors (Lipinski definition) is 1. The molecule has 0 atom stereocenters. The van der Waals surface area contributed by atoms with Crippen molar-refractivity contribution in [3.8, 4) is 0 Å². The first-order chi connectivity index (χ1) is 8.79. The van der Waals surface area contributed by atoms with Crippen LogP contribution in [0.15, 0.2) is 59.6 Å². The highest BCUT2D eigenvalue weighted by Gasteiger charge is 1.97. The van der Waals surface area contributed by atoms with Crippen molar-refractivity contribution in [2.75, 3.05) is 0 Å². The van der Waals surface area contributed by atoms with Gasteiger partial charge in [-0.15, -0.1) is 0 Å². The predicted molar refractivity (Wildman–Crippen MR) is 76.7 cm³/mol. The van der Waals surface area contributed by atoms with Crippen LogP contribution < -0.4 is 5.73 Å². The van der Waals surface area contributed by atoms with Gasteiger partial charge in [-0.1, -0.05) is 61.5 Å². The quantitative estimate of drug-likeness (QED) is 0.645. The molecule has 0 spiro atoms. The van der Waals surface area contributed by atoms with E-state index in [4.69, 9.17) is 5.73 Å². The molecule has 0 radical (unpaired) electrons. The van der Waals surface area contributed by atoms with Crippen molar-refractivity contribution < 1.29 is 0 Å². The number of nitrogens with zero attached hydrogens (tertiary/aromatic N) is 1. The van der Waals surface area contributed by atoms with Gasteiger partial charge in [-0.3, -0.25) is 4.99 Å². The Morgan fingerprint density at radius 3 is 2.17 bits per heavy atom. The van der Waals surface area contributed by atoms with E-state index < -0.39 is 0 Å². The Morgan fingerprint density at radius 2 is 1.56 bits per heavy atom. The summed E-state index contributed by atoms with van der Waals surface area (Å²) in [4.78, 5) is 4.41. The smallest absolute Gasteiger partial charge is 0.125 e. The normalized spacial score (nSPS) is 11.5. The van der Waals surface area contributed by atoms with Crippen LogP contribution in [0.2, 0.25) is 0 Å². The molecular formula is C16H18N2. The summed E-state index contributed by atoms with van der Waals surface area (Å²) in [6.45, 7) is 2.78. The zero-order chi connectivity index (χ0) is 12.8. The van der Waals surface area contributed by atoms with E-state index in [1.54, 1.807) is 0 Å². The molecule has 2 rings (SSSR count). The van der Waals surface area contributed by atoms with Crippen molar-refractivity contribution in [1.29, 1.82) is 0 Å². The van der Waals surface area contributed by atoms with Crippen molar-refractivity contribution >= 4 is 5.84 Å². The van der Waals surface area contributed by atoms with Crippen molar-refractivity contribution in [3.63, 3.8) is 0 Å². The van der Waals surface area contributed by atoms with Crippen LogP contribution in [0.3, 0.4) is 0 Å². The first kappa shape index (κ1) is 12.4. The SMILES string of the molecule is CCc1ccc(CN=C(N)c2ccccc2)cc1. The first-order valence-electron chi connectivity index (χ1n) is 6.22. The minimum atomic E-state index is 0.593. The Labute approximate surface area is 108 Å². The Morgan fingerprint density at radius 1 is 0.944 bits per heavy atom. The number of nitrogens with two attached hydrogens (primary N) is 1. The third-order valence-corrected chi connectivity index (χ3v) is 2.93. The summed E-state index contributed by atoms with van der Waals surface area (Å²) in [7, 11) is 0. The van der Waals surface area contributed by atoms with E-state index in [1.165, 1.54) is 11.1 Å². The Kier molecular flexibility index (Phi) is 4.13. The summed E-state index contributed by atoms with van der Waals surface area (Å²) >= 11 is 0. The molecule has 2 heteroatoms. The van der Waals surface area contributed by atoms with Crippen LogP contribution in [-0.4, -0.2) is 5.84 Å². The Hall–Kier alpha value is -2.09. The van der Waals surface area contributed by atoms with Gasteiger partial charge in [0.05, 0.1) is 6.54 Å². The Balaban J connectivity index is 2.05. The highest BCUT2D eigenvalue weighted by atomic mass is 14.8. The number of amidine groups is 1. The van der Waals surface area contributed by atoms with Gasteiger partial charge in [-0.2, -0.15) is 0 Å². The zero-order valence-electron chi connectivity index (χ0n) is 10.6. The van der Waals surface area contributed by atoms with Crippen LogP contribution in [0.5, 0.6) is 0 Å². The molecule has 0 heterocycles. The molecule has 2 aromatic rings. The molecule has 92 valence electrons. The molecule has 0 aromatic heterocycles. The zero-order valence-corrected chi connectivity index (χ0v) is 10.6. The fourth-order valence-corrected chi connectivity index (χ4v) is 1.76. The van der Waals surface area contributed by atoms with Crippen LogP contribution in [0, 0.1) is 0 Å². The number of benzene rings is 2. The van der Waals surface area contributed by atoms with E-state index in [2.05, 4.69) is 36.2 Å². The van der Waals surface area contributed by atoms with Gasteiger partial charge < -0.3 is 5.73 Å².